The van der Waals surface area contributed by atoms with Crippen LogP contribution in [0.2, 0.25) is 0 Å². The Balaban J connectivity index is 3.05. The van der Waals surface area contributed by atoms with Gasteiger partial charge in [-0.05, 0) is 18.2 Å². The minimum Gasteiger partial charge on any atom is -0.507 e. The molecule has 0 aromatic heterocycles. The van der Waals surface area contributed by atoms with Crippen molar-refractivity contribution in [1.82, 2.24) is 0 Å². The van der Waals surface area contributed by atoms with Crippen LogP contribution >= 0.6 is 0 Å². The van der Waals surface area contributed by atoms with E-state index in [0.717, 1.165) is 12.1 Å². The Labute approximate surface area is 89.7 Å². The highest BCUT2D eigenvalue weighted by molar-refractivity contribution is 6.38. The van der Waals surface area contributed by atoms with Crippen LogP contribution in [0.25, 0.3) is 5.76 Å². The van der Waals surface area contributed by atoms with Crippen molar-refractivity contribution in [3.63, 3.8) is 0 Å². The fraction of sp³-hybridized carbons (Fsp3) is 0. The number of hydrogen-bond donors (Lipinski definition) is 4. The number of rotatable bonds is 3. The summed E-state index contributed by atoms with van der Waals surface area (Å²) < 4.78 is 0. The van der Waals surface area contributed by atoms with Crippen LogP contribution in [0.3, 0.4) is 0 Å². The maximum Gasteiger partial charge on any atom is 0.376 e. The van der Waals surface area contributed by atoms with Gasteiger partial charge in [-0.2, -0.15) is 0 Å². The monoisotopic (exact) mass is 224 g/mol. The van der Waals surface area contributed by atoms with Gasteiger partial charge in [0.25, 0.3) is 5.78 Å². The lowest BCUT2D eigenvalue weighted by Gasteiger charge is -2.01. The number of aliphatic hydroxyl groups excluding tert-OH is 1. The van der Waals surface area contributed by atoms with Gasteiger partial charge in [-0.15, -0.1) is 0 Å². The van der Waals surface area contributed by atoms with E-state index in [1.165, 1.54) is 6.07 Å². The van der Waals surface area contributed by atoms with Crippen LogP contribution in [0.5, 0.6) is 11.5 Å². The van der Waals surface area contributed by atoms with Gasteiger partial charge in [-0.1, -0.05) is 0 Å². The summed E-state index contributed by atoms with van der Waals surface area (Å²) in [4.78, 5) is 20.9. The first-order valence-electron chi connectivity index (χ1n) is 4.12. The van der Waals surface area contributed by atoms with Gasteiger partial charge in [-0.3, -0.25) is 4.79 Å². The molecule has 0 fully saturated rings. The summed E-state index contributed by atoms with van der Waals surface area (Å²) in [6.07, 6.45) is 0.508. The molecule has 0 aliphatic heterocycles. The van der Waals surface area contributed by atoms with E-state index in [2.05, 4.69) is 0 Å². The Bertz CT molecular complexity index is 474. The smallest absolute Gasteiger partial charge is 0.376 e. The van der Waals surface area contributed by atoms with Crippen LogP contribution < -0.4 is 0 Å². The second-order valence-corrected chi connectivity index (χ2v) is 2.90. The molecule has 6 heteroatoms. The standard InChI is InChI=1S/C10H8O6/c11-6-2-1-5(3-8(6)13)7(12)4-9(14)10(15)16/h1-4,11-13H,(H,15,16). The highest BCUT2D eigenvalue weighted by Gasteiger charge is 2.11. The molecule has 0 heterocycles. The fourth-order valence-corrected chi connectivity index (χ4v) is 0.952. The van der Waals surface area contributed by atoms with Gasteiger partial charge in [-0.25, -0.2) is 4.79 Å². The summed E-state index contributed by atoms with van der Waals surface area (Å²) in [6.45, 7) is 0. The Morgan fingerprint density at radius 2 is 1.69 bits per heavy atom. The molecule has 6 nitrogen and oxygen atoms in total. The molecule has 0 unspecified atom stereocenters. The largest absolute Gasteiger partial charge is 0.507 e. The first-order valence-corrected chi connectivity index (χ1v) is 4.12. The zero-order valence-electron chi connectivity index (χ0n) is 7.91. The Morgan fingerprint density at radius 1 is 1.06 bits per heavy atom. The molecule has 1 aromatic rings. The fourth-order valence-electron chi connectivity index (χ4n) is 0.952. The molecule has 4 N–H and O–H groups in total. The summed E-state index contributed by atoms with van der Waals surface area (Å²) in [5.41, 5.74) is 0.0184. The van der Waals surface area contributed by atoms with Crippen molar-refractivity contribution in [3.8, 4) is 11.5 Å². The van der Waals surface area contributed by atoms with E-state index in [9.17, 15) is 14.7 Å². The molecule has 0 aliphatic rings. The van der Waals surface area contributed by atoms with Gasteiger partial charge >= 0.3 is 5.97 Å². The van der Waals surface area contributed by atoms with E-state index in [-0.39, 0.29) is 11.3 Å². The molecule has 1 aromatic carbocycles. The maximum absolute atomic E-state index is 10.7. The minimum atomic E-state index is -1.70. The van der Waals surface area contributed by atoms with Crippen LogP contribution in [0.1, 0.15) is 5.56 Å². The van der Waals surface area contributed by atoms with Gasteiger partial charge in [0.2, 0.25) is 0 Å². The summed E-state index contributed by atoms with van der Waals surface area (Å²) in [7, 11) is 0. The van der Waals surface area contributed by atoms with E-state index in [4.69, 9.17) is 15.3 Å². The van der Waals surface area contributed by atoms with Gasteiger partial charge in [0.1, 0.15) is 5.76 Å². The number of carbonyl (C=O) groups excluding carboxylic acids is 1. The van der Waals surface area contributed by atoms with Crippen LogP contribution in [0, 0.1) is 0 Å². The number of hydrogen-bond acceptors (Lipinski definition) is 5. The van der Waals surface area contributed by atoms with Crippen LogP contribution in [-0.2, 0) is 9.59 Å². The number of aliphatic hydroxyl groups is 1. The first kappa shape index (κ1) is 11.6. The van der Waals surface area contributed by atoms with Crippen LogP contribution in [0.4, 0.5) is 0 Å². The lowest BCUT2D eigenvalue weighted by molar-refractivity contribution is -0.146. The van der Waals surface area contributed by atoms with Crippen molar-refractivity contribution >= 4 is 17.5 Å². The summed E-state index contributed by atoms with van der Waals surface area (Å²) in [5, 5.41) is 35.7. The Morgan fingerprint density at radius 3 is 2.19 bits per heavy atom. The molecule has 84 valence electrons. The van der Waals surface area contributed by atoms with E-state index < -0.39 is 23.3 Å². The van der Waals surface area contributed by atoms with Crippen LogP contribution in [-0.4, -0.2) is 32.2 Å². The quantitative estimate of drug-likeness (QED) is 0.259. The number of phenolic OH excluding ortho intramolecular Hbond substituents is 2. The normalized spacial score (nSPS) is 11.1. The number of aliphatic carboxylic acids is 1. The van der Waals surface area contributed by atoms with Crippen molar-refractivity contribution in [2.75, 3.05) is 0 Å². The predicted octanol–water partition coefficient (Wildman–Crippen LogP) is 0.650. The number of carboxylic acids is 1. The average molecular weight is 224 g/mol. The third kappa shape index (κ3) is 2.50. The van der Waals surface area contributed by atoms with Gasteiger partial charge in [0.05, 0.1) is 0 Å². The third-order valence-electron chi connectivity index (χ3n) is 1.75. The molecular weight excluding hydrogens is 216 g/mol. The van der Waals surface area contributed by atoms with E-state index in [1.54, 1.807) is 0 Å². The Hall–Kier alpha value is -2.50. The highest BCUT2D eigenvalue weighted by atomic mass is 16.4. The molecule has 0 amide bonds. The molecule has 0 radical (unpaired) electrons. The van der Waals surface area contributed by atoms with Crippen LogP contribution in [0.15, 0.2) is 24.3 Å². The number of carbonyl (C=O) groups is 2. The zero-order valence-corrected chi connectivity index (χ0v) is 7.91. The van der Waals surface area contributed by atoms with E-state index in [0.29, 0.717) is 6.08 Å². The number of aromatic hydroxyl groups is 2. The highest BCUT2D eigenvalue weighted by Crippen LogP contribution is 2.27. The summed E-state index contributed by atoms with van der Waals surface area (Å²) in [6, 6.07) is 3.31. The second kappa shape index (κ2) is 4.35. The van der Waals surface area contributed by atoms with Gasteiger partial charge in [0.15, 0.2) is 11.5 Å². The van der Waals surface area contributed by atoms with Crippen molar-refractivity contribution in [3.05, 3.63) is 29.8 Å². The molecule has 0 aliphatic carbocycles. The van der Waals surface area contributed by atoms with E-state index in [1.807, 2.05) is 0 Å². The molecule has 0 saturated carbocycles. The minimum absolute atomic E-state index is 0.0184. The molecule has 0 atom stereocenters. The maximum atomic E-state index is 10.7. The number of ketones is 1. The van der Waals surface area contributed by atoms with Gasteiger partial charge < -0.3 is 20.4 Å². The van der Waals surface area contributed by atoms with Crippen molar-refractivity contribution in [2.24, 2.45) is 0 Å². The molecule has 0 spiro atoms. The number of benzene rings is 1. The molecule has 16 heavy (non-hydrogen) atoms. The SMILES string of the molecule is O=C(O)C(=O)C=C(O)c1ccc(O)c(O)c1. The average Bonchev–Trinajstić information content (AvgIpc) is 2.21. The predicted molar refractivity (Wildman–Crippen MR) is 53.0 cm³/mol. The van der Waals surface area contributed by atoms with E-state index >= 15 is 0 Å². The van der Waals surface area contributed by atoms with Gasteiger partial charge in [0, 0.05) is 11.6 Å². The first-order chi connectivity index (χ1) is 7.41. The zero-order chi connectivity index (χ0) is 12.3. The summed E-state index contributed by atoms with van der Waals surface area (Å²) >= 11 is 0. The molecule has 0 bridgehead atoms. The molecular formula is C10H8O6. The third-order valence-corrected chi connectivity index (χ3v) is 1.75. The topological polar surface area (TPSA) is 115 Å². The summed E-state index contributed by atoms with van der Waals surface area (Å²) in [5.74, 6) is -4.47. The second-order valence-electron chi connectivity index (χ2n) is 2.90. The Kier molecular flexibility index (Phi) is 3.14. The van der Waals surface area contributed by atoms with Crippen molar-refractivity contribution in [1.29, 1.82) is 0 Å². The van der Waals surface area contributed by atoms with Crippen molar-refractivity contribution in [2.45, 2.75) is 0 Å². The lowest BCUT2D eigenvalue weighted by Crippen LogP contribution is -2.09. The molecule has 1 rings (SSSR count). The molecule has 0 saturated heterocycles. The number of phenols is 2. The lowest BCUT2D eigenvalue weighted by atomic mass is 10.1. The number of carboxylic acid groups (broad SMARTS) is 1. The van der Waals surface area contributed by atoms with Crippen molar-refractivity contribution < 1.29 is 30.0 Å².